The minimum absolute atomic E-state index is 0.114. The van der Waals surface area contributed by atoms with Crippen molar-refractivity contribution in [2.75, 3.05) is 19.8 Å². The number of aliphatic hydroxyl groups excluding tert-OH is 1. The highest BCUT2D eigenvalue weighted by Crippen LogP contribution is 2.46. The highest BCUT2D eigenvalue weighted by Gasteiger charge is 2.40. The molecule has 1 fully saturated rings. The van der Waals surface area contributed by atoms with Crippen LogP contribution >= 0.6 is 0 Å². The standard InChI is InChI=1S/C21H24N2O6/c1-12-9-14(23-29-12)10-27-16-4-3-15-18(17(20(22)25)13(2)28-15)19(16)21(11-24)5-7-26-8-6-21/h3-4,9,24H,5-8,10-11H2,1-2H3,(H2,22,25). The van der Waals surface area contributed by atoms with Crippen LogP contribution in [0.4, 0.5) is 0 Å². The minimum atomic E-state index is -0.632. The van der Waals surface area contributed by atoms with Crippen molar-refractivity contribution in [3.05, 3.63) is 46.5 Å². The molecule has 1 amide bonds. The normalized spacial score (nSPS) is 16.2. The van der Waals surface area contributed by atoms with Crippen molar-refractivity contribution in [2.45, 2.75) is 38.7 Å². The Kier molecular flexibility index (Phi) is 5.06. The topological polar surface area (TPSA) is 121 Å². The Hall–Kier alpha value is -2.84. The number of amides is 1. The van der Waals surface area contributed by atoms with E-state index in [1.54, 1.807) is 25.1 Å². The number of nitrogens with two attached hydrogens (primary N) is 1. The van der Waals surface area contributed by atoms with Crippen molar-refractivity contribution in [1.82, 2.24) is 5.16 Å². The van der Waals surface area contributed by atoms with Gasteiger partial charge in [0.2, 0.25) is 0 Å². The van der Waals surface area contributed by atoms with E-state index in [2.05, 4.69) is 5.16 Å². The lowest BCUT2D eigenvalue weighted by Gasteiger charge is -2.37. The Morgan fingerprint density at radius 3 is 2.69 bits per heavy atom. The first-order valence-corrected chi connectivity index (χ1v) is 9.55. The fraction of sp³-hybridized carbons (Fsp3) is 0.429. The Morgan fingerprint density at radius 1 is 1.31 bits per heavy atom. The van der Waals surface area contributed by atoms with Gasteiger partial charge in [-0.1, -0.05) is 5.16 Å². The smallest absolute Gasteiger partial charge is 0.252 e. The van der Waals surface area contributed by atoms with E-state index < -0.39 is 11.3 Å². The van der Waals surface area contributed by atoms with Crippen LogP contribution in [-0.4, -0.2) is 36.0 Å². The third-order valence-corrected chi connectivity index (χ3v) is 5.58. The fourth-order valence-corrected chi connectivity index (χ4v) is 4.12. The van der Waals surface area contributed by atoms with Crippen LogP contribution in [0, 0.1) is 13.8 Å². The van der Waals surface area contributed by atoms with E-state index in [-0.39, 0.29) is 13.2 Å². The van der Waals surface area contributed by atoms with Crippen LogP contribution in [0.5, 0.6) is 5.75 Å². The van der Waals surface area contributed by atoms with Gasteiger partial charge in [0.05, 0.1) is 12.2 Å². The Balaban J connectivity index is 1.90. The van der Waals surface area contributed by atoms with E-state index in [4.69, 9.17) is 24.1 Å². The van der Waals surface area contributed by atoms with E-state index in [9.17, 15) is 9.90 Å². The molecule has 1 aliphatic rings. The molecular formula is C21H24N2O6. The largest absolute Gasteiger partial charge is 0.487 e. The van der Waals surface area contributed by atoms with Crippen molar-refractivity contribution in [3.63, 3.8) is 0 Å². The van der Waals surface area contributed by atoms with Gasteiger partial charge in [0.1, 0.15) is 35.2 Å². The van der Waals surface area contributed by atoms with Crippen molar-refractivity contribution >= 4 is 16.9 Å². The van der Waals surface area contributed by atoms with E-state index in [0.717, 1.165) is 5.56 Å². The zero-order valence-electron chi connectivity index (χ0n) is 16.5. The lowest BCUT2D eigenvalue weighted by molar-refractivity contribution is 0.0246. The summed E-state index contributed by atoms with van der Waals surface area (Å²) >= 11 is 0. The molecule has 3 aromatic rings. The zero-order chi connectivity index (χ0) is 20.6. The molecule has 0 atom stereocenters. The van der Waals surface area contributed by atoms with Gasteiger partial charge in [-0.05, 0) is 38.8 Å². The molecule has 0 radical (unpaired) electrons. The summed E-state index contributed by atoms with van der Waals surface area (Å²) in [5.41, 5.74) is 7.28. The van der Waals surface area contributed by atoms with Gasteiger partial charge in [-0.15, -0.1) is 0 Å². The first-order chi connectivity index (χ1) is 13.9. The number of aromatic nitrogens is 1. The highest BCUT2D eigenvalue weighted by molar-refractivity contribution is 6.08. The summed E-state index contributed by atoms with van der Waals surface area (Å²) in [5, 5.41) is 15.0. The van der Waals surface area contributed by atoms with Gasteiger partial charge in [0.15, 0.2) is 0 Å². The highest BCUT2D eigenvalue weighted by atomic mass is 16.5. The van der Waals surface area contributed by atoms with Crippen LogP contribution in [-0.2, 0) is 16.8 Å². The second-order valence-corrected chi connectivity index (χ2v) is 7.48. The van der Waals surface area contributed by atoms with Crippen LogP contribution in [0.2, 0.25) is 0 Å². The Labute approximate surface area is 167 Å². The van der Waals surface area contributed by atoms with Crippen molar-refractivity contribution < 1.29 is 28.3 Å². The molecule has 0 aliphatic carbocycles. The van der Waals surface area contributed by atoms with Gasteiger partial charge in [-0.2, -0.15) is 0 Å². The number of hydrogen-bond acceptors (Lipinski definition) is 7. The number of primary amides is 1. The number of rotatable bonds is 6. The summed E-state index contributed by atoms with van der Waals surface area (Å²) in [6, 6.07) is 5.35. The molecule has 0 bridgehead atoms. The molecule has 8 heteroatoms. The number of furan rings is 1. The van der Waals surface area contributed by atoms with Crippen LogP contribution in [0.3, 0.4) is 0 Å². The quantitative estimate of drug-likeness (QED) is 0.652. The van der Waals surface area contributed by atoms with Crippen molar-refractivity contribution in [3.8, 4) is 5.75 Å². The Bertz CT molecular complexity index is 1050. The molecule has 3 N–H and O–H groups in total. The van der Waals surface area contributed by atoms with Gasteiger partial charge >= 0.3 is 0 Å². The number of carbonyl (C=O) groups excluding carboxylic acids is 1. The average molecular weight is 400 g/mol. The van der Waals surface area contributed by atoms with E-state index in [1.807, 2.05) is 6.92 Å². The van der Waals surface area contributed by atoms with Crippen LogP contribution in [0.25, 0.3) is 11.0 Å². The predicted molar refractivity (Wildman–Crippen MR) is 104 cm³/mol. The molecule has 1 aliphatic heterocycles. The average Bonchev–Trinajstić information content (AvgIpc) is 3.28. The van der Waals surface area contributed by atoms with E-state index >= 15 is 0 Å². The molecule has 1 aromatic carbocycles. The van der Waals surface area contributed by atoms with Gasteiger partial charge in [-0.25, -0.2) is 0 Å². The number of aryl methyl sites for hydroxylation is 2. The molecule has 154 valence electrons. The molecule has 8 nitrogen and oxygen atoms in total. The molecule has 3 heterocycles. The monoisotopic (exact) mass is 400 g/mol. The summed E-state index contributed by atoms with van der Waals surface area (Å²) in [4.78, 5) is 12.2. The van der Waals surface area contributed by atoms with Gasteiger partial charge in [0.25, 0.3) is 5.91 Å². The van der Waals surface area contributed by atoms with E-state index in [0.29, 0.717) is 65.6 Å². The van der Waals surface area contributed by atoms with Crippen LogP contribution in [0.1, 0.15) is 46.0 Å². The SMILES string of the molecule is Cc1cc(COc2ccc3oc(C)c(C(N)=O)c3c2C2(CO)CCOCC2)no1. The fourth-order valence-electron chi connectivity index (χ4n) is 4.12. The third kappa shape index (κ3) is 3.38. The summed E-state index contributed by atoms with van der Waals surface area (Å²) in [5.74, 6) is 1.11. The summed E-state index contributed by atoms with van der Waals surface area (Å²) in [6.07, 6.45) is 1.18. The maximum atomic E-state index is 12.2. The minimum Gasteiger partial charge on any atom is -0.487 e. The van der Waals surface area contributed by atoms with Gasteiger partial charge in [0, 0.05) is 35.6 Å². The van der Waals surface area contributed by atoms with Crippen LogP contribution in [0.15, 0.2) is 27.1 Å². The lowest BCUT2D eigenvalue weighted by atomic mass is 9.72. The summed E-state index contributed by atoms with van der Waals surface area (Å²) in [7, 11) is 0. The molecular weight excluding hydrogens is 376 g/mol. The number of aliphatic hydroxyl groups is 1. The molecule has 0 spiro atoms. The number of hydrogen-bond donors (Lipinski definition) is 2. The number of ether oxygens (including phenoxy) is 2. The molecule has 29 heavy (non-hydrogen) atoms. The summed E-state index contributed by atoms with van der Waals surface area (Å²) < 4.78 is 22.5. The predicted octanol–water partition coefficient (Wildman–Crippen LogP) is 2.76. The molecule has 0 saturated carbocycles. The van der Waals surface area contributed by atoms with E-state index in [1.165, 1.54) is 0 Å². The van der Waals surface area contributed by atoms with Crippen molar-refractivity contribution in [2.24, 2.45) is 5.73 Å². The Morgan fingerprint density at radius 2 is 2.07 bits per heavy atom. The third-order valence-electron chi connectivity index (χ3n) is 5.58. The number of carbonyl (C=O) groups is 1. The molecule has 4 rings (SSSR count). The lowest BCUT2D eigenvalue weighted by Crippen LogP contribution is -2.38. The summed E-state index contributed by atoms with van der Waals surface area (Å²) in [6.45, 7) is 4.60. The zero-order valence-corrected chi connectivity index (χ0v) is 16.5. The van der Waals surface area contributed by atoms with Gasteiger partial charge in [-0.3, -0.25) is 4.79 Å². The molecule has 1 saturated heterocycles. The number of nitrogens with zero attached hydrogens (tertiary/aromatic N) is 1. The number of benzene rings is 1. The molecule has 0 unspecified atom stereocenters. The number of fused-ring (bicyclic) bond motifs is 1. The first kappa shape index (κ1) is 19.5. The van der Waals surface area contributed by atoms with Gasteiger partial charge < -0.3 is 29.3 Å². The second kappa shape index (κ2) is 7.53. The second-order valence-electron chi connectivity index (χ2n) is 7.48. The van der Waals surface area contributed by atoms with Crippen molar-refractivity contribution in [1.29, 1.82) is 0 Å². The maximum Gasteiger partial charge on any atom is 0.252 e. The first-order valence-electron chi connectivity index (χ1n) is 9.55. The molecule has 2 aromatic heterocycles. The maximum absolute atomic E-state index is 12.2. The van der Waals surface area contributed by atoms with Crippen LogP contribution < -0.4 is 10.5 Å².